The van der Waals surface area contributed by atoms with Gasteiger partial charge in [-0.3, -0.25) is 0 Å². The summed E-state index contributed by atoms with van der Waals surface area (Å²) in [7, 11) is 0. The smallest absolute Gasteiger partial charge is 0.0107 e. The van der Waals surface area contributed by atoms with Crippen LogP contribution in [0.3, 0.4) is 0 Å². The second-order valence-electron chi connectivity index (χ2n) is 7.63. The van der Waals surface area contributed by atoms with Crippen molar-refractivity contribution >= 4 is 0 Å². The molecule has 0 aromatic heterocycles. The van der Waals surface area contributed by atoms with Crippen LogP contribution in [0.1, 0.15) is 58.3 Å². The lowest BCUT2D eigenvalue weighted by Gasteiger charge is -2.44. The molecular weight excluding hydrogens is 258 g/mol. The number of rotatable bonds is 6. The highest BCUT2D eigenvalue weighted by molar-refractivity contribution is 4.87. The lowest BCUT2D eigenvalue weighted by atomic mass is 9.85. The number of nitrogens with zero attached hydrogens (tertiary/aromatic N) is 2. The van der Waals surface area contributed by atoms with Crippen molar-refractivity contribution in [2.45, 2.75) is 70.4 Å². The van der Waals surface area contributed by atoms with Crippen LogP contribution in [0, 0.1) is 5.92 Å². The Kier molecular flexibility index (Phi) is 5.96. The molecule has 0 amide bonds. The molecular formula is C18H35N3. The van der Waals surface area contributed by atoms with Gasteiger partial charge in [-0.25, -0.2) is 0 Å². The van der Waals surface area contributed by atoms with Gasteiger partial charge < -0.3 is 15.1 Å². The molecule has 0 spiro atoms. The third kappa shape index (κ3) is 4.43. The van der Waals surface area contributed by atoms with Gasteiger partial charge in [0.1, 0.15) is 0 Å². The highest BCUT2D eigenvalue weighted by Crippen LogP contribution is 2.30. The molecule has 21 heavy (non-hydrogen) atoms. The van der Waals surface area contributed by atoms with Crippen molar-refractivity contribution in [1.29, 1.82) is 0 Å². The van der Waals surface area contributed by atoms with E-state index in [1.54, 1.807) is 0 Å². The van der Waals surface area contributed by atoms with Gasteiger partial charge in [0.15, 0.2) is 0 Å². The molecule has 2 atom stereocenters. The average Bonchev–Trinajstić information content (AvgIpc) is 2.47. The first-order chi connectivity index (χ1) is 10.3. The summed E-state index contributed by atoms with van der Waals surface area (Å²) in [6, 6.07) is 1.63. The normalized spacial score (nSPS) is 31.0. The van der Waals surface area contributed by atoms with Crippen molar-refractivity contribution in [3.8, 4) is 0 Å². The maximum atomic E-state index is 3.83. The second-order valence-corrected chi connectivity index (χ2v) is 7.63. The molecule has 3 nitrogen and oxygen atoms in total. The number of hydrogen-bond acceptors (Lipinski definition) is 3. The van der Waals surface area contributed by atoms with Gasteiger partial charge in [0, 0.05) is 31.7 Å². The predicted octanol–water partition coefficient (Wildman–Crippen LogP) is 2.71. The Morgan fingerprint density at radius 1 is 0.952 bits per heavy atom. The number of hydrogen-bond donors (Lipinski definition) is 1. The Morgan fingerprint density at radius 3 is 2.48 bits per heavy atom. The van der Waals surface area contributed by atoms with Crippen molar-refractivity contribution in [2.75, 3.05) is 39.3 Å². The Bertz CT molecular complexity index is 297. The van der Waals surface area contributed by atoms with Gasteiger partial charge in [-0.05, 0) is 71.0 Å². The molecule has 0 aromatic carbocycles. The fourth-order valence-corrected chi connectivity index (χ4v) is 4.33. The van der Waals surface area contributed by atoms with Gasteiger partial charge in [-0.2, -0.15) is 0 Å². The molecule has 1 N–H and O–H groups in total. The number of likely N-dealkylation sites (tertiary alicyclic amines) is 2. The second kappa shape index (κ2) is 7.94. The van der Waals surface area contributed by atoms with E-state index in [1.165, 1.54) is 90.6 Å². The molecule has 3 fully saturated rings. The fourth-order valence-electron chi connectivity index (χ4n) is 4.33. The summed E-state index contributed by atoms with van der Waals surface area (Å²) in [5.41, 5.74) is 0. The van der Waals surface area contributed by atoms with Crippen LogP contribution in [0.2, 0.25) is 0 Å². The zero-order chi connectivity index (χ0) is 14.5. The lowest BCUT2D eigenvalue weighted by Crippen LogP contribution is -2.50. The zero-order valence-corrected chi connectivity index (χ0v) is 14.0. The van der Waals surface area contributed by atoms with Crippen molar-refractivity contribution in [3.05, 3.63) is 0 Å². The van der Waals surface area contributed by atoms with Gasteiger partial charge in [-0.15, -0.1) is 0 Å². The molecule has 3 aliphatic rings. The van der Waals surface area contributed by atoms with Crippen LogP contribution in [0.5, 0.6) is 0 Å². The van der Waals surface area contributed by atoms with Gasteiger partial charge in [0.2, 0.25) is 0 Å². The molecule has 0 radical (unpaired) electrons. The third-order valence-electron chi connectivity index (χ3n) is 6.13. The SMILES string of the molecule is C[C@H](NCCN1CCCCC1)[C@@H]1CCCN(C2CCC2)C1. The summed E-state index contributed by atoms with van der Waals surface area (Å²) < 4.78 is 0. The Labute approximate surface area is 131 Å². The standard InChI is InChI=1S/C18H35N3/c1-16(19-10-14-20-11-3-2-4-12-20)17-7-6-13-21(15-17)18-8-5-9-18/h16-19H,2-15H2,1H3/t16-,17+/m0/s1. The highest BCUT2D eigenvalue weighted by Gasteiger charge is 2.31. The Balaban J connectivity index is 1.34. The maximum Gasteiger partial charge on any atom is 0.0107 e. The van der Waals surface area contributed by atoms with Gasteiger partial charge in [-0.1, -0.05) is 12.8 Å². The van der Waals surface area contributed by atoms with Crippen LogP contribution in [0.25, 0.3) is 0 Å². The Morgan fingerprint density at radius 2 is 1.76 bits per heavy atom. The highest BCUT2D eigenvalue weighted by atomic mass is 15.2. The van der Waals surface area contributed by atoms with E-state index in [1.807, 2.05) is 0 Å². The van der Waals surface area contributed by atoms with E-state index in [-0.39, 0.29) is 0 Å². The minimum atomic E-state index is 0.692. The van der Waals surface area contributed by atoms with E-state index in [4.69, 9.17) is 0 Å². The van der Waals surface area contributed by atoms with Crippen molar-refractivity contribution in [1.82, 2.24) is 15.1 Å². The first-order valence-corrected chi connectivity index (χ1v) is 9.53. The van der Waals surface area contributed by atoms with Crippen LogP contribution < -0.4 is 5.32 Å². The minimum absolute atomic E-state index is 0.692. The summed E-state index contributed by atoms with van der Waals surface area (Å²) in [6.45, 7) is 10.2. The van der Waals surface area contributed by atoms with E-state index in [2.05, 4.69) is 22.0 Å². The van der Waals surface area contributed by atoms with Crippen molar-refractivity contribution < 1.29 is 0 Å². The lowest BCUT2D eigenvalue weighted by molar-refractivity contribution is 0.0663. The fraction of sp³-hybridized carbons (Fsp3) is 1.00. The van der Waals surface area contributed by atoms with Crippen LogP contribution in [-0.2, 0) is 0 Å². The topological polar surface area (TPSA) is 18.5 Å². The Hall–Kier alpha value is -0.120. The van der Waals surface area contributed by atoms with E-state index >= 15 is 0 Å². The number of piperidine rings is 2. The van der Waals surface area contributed by atoms with Crippen LogP contribution in [-0.4, -0.2) is 61.2 Å². The van der Waals surface area contributed by atoms with Crippen molar-refractivity contribution in [2.24, 2.45) is 5.92 Å². The molecule has 0 unspecified atom stereocenters. The molecule has 2 aliphatic heterocycles. The molecule has 1 saturated carbocycles. The van der Waals surface area contributed by atoms with Crippen LogP contribution in [0.4, 0.5) is 0 Å². The van der Waals surface area contributed by atoms with E-state index in [0.29, 0.717) is 6.04 Å². The predicted molar refractivity (Wildman–Crippen MR) is 89.7 cm³/mol. The minimum Gasteiger partial charge on any atom is -0.313 e. The quantitative estimate of drug-likeness (QED) is 0.812. The monoisotopic (exact) mass is 293 g/mol. The van der Waals surface area contributed by atoms with E-state index < -0.39 is 0 Å². The summed E-state index contributed by atoms with van der Waals surface area (Å²) in [5, 5.41) is 3.83. The molecule has 0 aromatic rings. The van der Waals surface area contributed by atoms with E-state index in [9.17, 15) is 0 Å². The van der Waals surface area contributed by atoms with Gasteiger partial charge in [0.25, 0.3) is 0 Å². The molecule has 2 heterocycles. The summed E-state index contributed by atoms with van der Waals surface area (Å²) in [4.78, 5) is 5.44. The molecule has 0 bridgehead atoms. The van der Waals surface area contributed by atoms with Crippen molar-refractivity contribution in [3.63, 3.8) is 0 Å². The summed E-state index contributed by atoms with van der Waals surface area (Å²) in [5.74, 6) is 0.876. The molecule has 3 rings (SSSR count). The average molecular weight is 293 g/mol. The molecule has 3 heteroatoms. The molecule has 122 valence electrons. The largest absolute Gasteiger partial charge is 0.313 e. The molecule has 1 aliphatic carbocycles. The van der Waals surface area contributed by atoms with Gasteiger partial charge >= 0.3 is 0 Å². The summed E-state index contributed by atoms with van der Waals surface area (Å²) >= 11 is 0. The zero-order valence-electron chi connectivity index (χ0n) is 14.0. The van der Waals surface area contributed by atoms with Crippen LogP contribution in [0.15, 0.2) is 0 Å². The molecule has 2 saturated heterocycles. The van der Waals surface area contributed by atoms with Crippen LogP contribution >= 0.6 is 0 Å². The maximum absolute atomic E-state index is 3.83. The first kappa shape index (κ1) is 15.8. The third-order valence-corrected chi connectivity index (χ3v) is 6.13. The van der Waals surface area contributed by atoms with Gasteiger partial charge in [0.05, 0.1) is 0 Å². The first-order valence-electron chi connectivity index (χ1n) is 9.53. The van der Waals surface area contributed by atoms with E-state index in [0.717, 1.165) is 12.0 Å². The number of nitrogens with one attached hydrogen (secondary N) is 1. The summed E-state index contributed by atoms with van der Waals surface area (Å²) in [6.07, 6.45) is 11.5.